The number of H-pyrrole nitrogens is 3. The molecule has 62 heteroatoms. The third kappa shape index (κ3) is 21.5. The molecule has 6 fully saturated rings. The van der Waals surface area contributed by atoms with Gasteiger partial charge in [0.05, 0.1) is 70.8 Å². The molecule has 15 rings (SSSR count). The fraction of sp³-hybridized carbons (Fsp3) is 0.523. The van der Waals surface area contributed by atoms with Gasteiger partial charge in [0.1, 0.15) is 127 Å². The van der Waals surface area contributed by atoms with Crippen LogP contribution in [0.1, 0.15) is 107 Å². The summed E-state index contributed by atoms with van der Waals surface area (Å²) < 4.78 is 168. The smallest absolute Gasteiger partial charge is 0.390 e. The zero-order chi connectivity index (χ0) is 90.3. The number of fused-ring (bicyclic) bond motifs is 3. The van der Waals surface area contributed by atoms with E-state index in [1.165, 1.54) is 51.0 Å². The molecule has 9 aromatic rings. The Morgan fingerprint density at radius 3 is 1.21 bits per heavy atom. The lowest BCUT2D eigenvalue weighted by Gasteiger charge is -2.25. The second-order valence-electron chi connectivity index (χ2n) is 29.2. The summed E-state index contributed by atoms with van der Waals surface area (Å²) in [5.74, 6) is 6.97. The number of ether oxygens (including phenoxy) is 6. The van der Waals surface area contributed by atoms with Crippen LogP contribution in [-0.2, 0) is 96.5 Å². The van der Waals surface area contributed by atoms with E-state index in [0.717, 1.165) is 32.4 Å². The van der Waals surface area contributed by atoms with Crippen molar-refractivity contribution in [1.29, 1.82) is 0 Å². The highest BCUT2D eigenvalue weighted by Crippen LogP contribution is 2.56. The number of nitrogens with two attached hydrogens (primary N) is 5. The zero-order valence-electron chi connectivity index (χ0n) is 65.5. The zero-order valence-corrected chi connectivity index (χ0v) is 69.9. The van der Waals surface area contributed by atoms with Gasteiger partial charge in [-0.3, -0.25) is 102 Å². The lowest BCUT2D eigenvalue weighted by Crippen LogP contribution is -2.33. The minimum Gasteiger partial charge on any atom is -0.390 e. The first-order chi connectivity index (χ1) is 60.3. The molecule has 0 aliphatic carbocycles. The van der Waals surface area contributed by atoms with Gasteiger partial charge in [-0.05, 0) is 25.0 Å². The van der Waals surface area contributed by atoms with Crippen LogP contribution >= 0.6 is 39.1 Å². The van der Waals surface area contributed by atoms with Gasteiger partial charge in [0.15, 0.2) is 33.8 Å². The molecule has 6 aliphatic heterocycles. The number of imidazole rings is 3. The molecule has 6 aliphatic rings. The van der Waals surface area contributed by atoms with Crippen molar-refractivity contribution >= 4 is 102 Å². The molecule has 5 unspecified atom stereocenters. The van der Waals surface area contributed by atoms with Crippen LogP contribution in [0.15, 0.2) is 84.8 Å². The van der Waals surface area contributed by atoms with Gasteiger partial charge in [0, 0.05) is 70.0 Å². The molecule has 57 nitrogen and oxygen atoms in total. The molecule has 127 heavy (non-hydrogen) atoms. The van der Waals surface area contributed by atoms with Gasteiger partial charge in [-0.25, -0.2) is 62.1 Å². The third-order valence-corrected chi connectivity index (χ3v) is 25.5. The van der Waals surface area contributed by atoms with Crippen LogP contribution in [0, 0.1) is 24.2 Å². The quantitative estimate of drug-likeness (QED) is 0.0118. The lowest BCUT2D eigenvalue weighted by atomic mass is 10.2. The van der Waals surface area contributed by atoms with Crippen molar-refractivity contribution < 1.29 is 131 Å². The van der Waals surface area contributed by atoms with Crippen molar-refractivity contribution in [3.8, 4) is 24.2 Å². The van der Waals surface area contributed by atoms with Crippen molar-refractivity contribution in [3.63, 3.8) is 0 Å². The highest BCUT2D eigenvalue weighted by Gasteiger charge is 2.51. The molecule has 0 spiro atoms. The first-order valence-corrected chi connectivity index (χ1v) is 45.7. The normalized spacial score (nSPS) is 28.5. The number of unbranched alkanes of at least 4 members (excludes halogenated alkanes) is 3. The largest absolute Gasteiger partial charge is 0.472 e. The van der Waals surface area contributed by atoms with E-state index in [4.69, 9.17) is 109 Å². The summed E-state index contributed by atoms with van der Waals surface area (Å²) in [4.78, 5) is 178. The van der Waals surface area contributed by atoms with Gasteiger partial charge < -0.3 is 91.8 Å². The molecule has 684 valence electrons. The summed E-state index contributed by atoms with van der Waals surface area (Å²) in [7, 11) is -27.5. The molecule has 0 radical (unpaired) electrons. The van der Waals surface area contributed by atoms with Crippen LogP contribution in [0.2, 0.25) is 0 Å². The molecular weight excluding hydrogens is 1800 g/mol. The predicted molar refractivity (Wildman–Crippen MR) is 424 cm³/mol. The molecule has 0 bridgehead atoms. The van der Waals surface area contributed by atoms with E-state index in [0.29, 0.717) is 19.3 Å². The van der Waals surface area contributed by atoms with E-state index >= 15 is 0 Å². The number of aromatic amines is 3. The van der Waals surface area contributed by atoms with Crippen LogP contribution in [-0.4, -0.2) is 235 Å². The SMILES string of the molecule is C#CCCCCC#Cc1cn([C@H]2C[C@H](OP(=O)(O)OC[C@H]3O[C@@H](n4ccc(N)nc4=O)C[C@@H]3OP(=O)(O)OC[C@H]3O[C@@H](n4cnc5c(=O)[nH]c(N)nc54)C[C@@H]3O)[C@@H](COP(=O)(O)OC[C@H]3O[C@@H](n4cnc5c(N)ncnc54)C[C@@H]3OP(=O)(O)OC[C@H]3O[C@@H](n4ccc(N)nc4=O)C[C@@H]3OP(=O)(O)OC[C@H]3O[C@@H](n4cnc5c(=O)[nH]c(N)nc54)C[C@@H]3O)O2)c(=O)[nH]c1=O. The highest BCUT2D eigenvalue weighted by atomic mass is 31.2. The predicted octanol–water partition coefficient (Wildman–Crippen LogP) is -1.80. The highest BCUT2D eigenvalue weighted by molar-refractivity contribution is 7.48. The number of aromatic nitrogens is 18. The maximum absolute atomic E-state index is 14.4. The molecule has 23 atom stereocenters. The molecule has 9 aromatic heterocycles. The minimum absolute atomic E-state index is 0.00420. The number of nitrogen functional groups attached to an aromatic ring is 5. The Hall–Kier alpha value is -9.96. The molecule has 0 amide bonds. The first kappa shape index (κ1) is 91.8. The number of anilines is 5. The van der Waals surface area contributed by atoms with Crippen LogP contribution in [0.5, 0.6) is 0 Å². The van der Waals surface area contributed by atoms with Gasteiger partial charge >= 0.3 is 56.2 Å². The summed E-state index contributed by atoms with van der Waals surface area (Å²) >= 11 is 0. The Labute approximate surface area is 709 Å². The second kappa shape index (κ2) is 37.6. The summed E-state index contributed by atoms with van der Waals surface area (Å²) in [5.41, 5.74) is 23.3. The number of hydrogen-bond acceptors (Lipinski definition) is 43. The van der Waals surface area contributed by atoms with Crippen LogP contribution < -0.4 is 62.4 Å². The number of hydrogen-bond donors (Lipinski definition) is 15. The van der Waals surface area contributed by atoms with Gasteiger partial charge in [0.2, 0.25) is 11.9 Å². The van der Waals surface area contributed by atoms with E-state index < -0.39 is 249 Å². The number of aliphatic hydroxyl groups is 2. The average Bonchev–Trinajstić information content (AvgIpc) is 1.63. The summed E-state index contributed by atoms with van der Waals surface area (Å²) in [5, 5.41) is 22.0. The number of phosphoric acid groups is 5. The summed E-state index contributed by atoms with van der Waals surface area (Å²) in [6, 6.07) is 2.42. The standard InChI is InChI=1S/C65H80N23O34P5/c1-2-3-4-5-6-7-8-30-19-85(65(96)82-58(30)91)49-17-35(121-126(103,104)111-24-41-33(15-47(115-41)83-11-9-43(66)76-63(83)94)119-124(99,100)109-20-37-31(89)13-45(113-37)87-28-74-52-56(87)78-61(69)80-59(52)92)39(117-49)22-107-123(97,98)108-23-40-36(18-50(118-40)86-27-73-51-54(68)71-26-72-55(51)86)122-127(105,106)112-25-42-34(16-48(116-42)84-12-10-44(67)77-64(84)95)120-125(101,102)110-21-38-32(90)14-46(114-38)88-29-75-53-57(88)79-62(70)81-60(53)93/h1,9-12,19,26-29,31-42,45-50,89-90H,3-6,13-18,20-25H2,(H,97,98)(H,99,100)(H,101,102)(H,103,104)(H,105,106)(H2,66,76,94)(H2,67,77,95)(H2,68,71,72)(H,82,91,96)(H3,69,78,80,92)(H3,70,79,81,93)/t31-,32-,33-,34-,35-,36-,37+,38+,39+,40+,41+,42+,45+,46+,47+,48+,49+,50+/m0/s1. The number of rotatable bonds is 35. The van der Waals surface area contributed by atoms with Crippen LogP contribution in [0.25, 0.3) is 33.5 Å². The van der Waals surface area contributed by atoms with Gasteiger partial charge in [0.25, 0.3) is 16.7 Å². The first-order valence-electron chi connectivity index (χ1n) is 38.2. The number of nitrogens with zero attached hydrogens (tertiary/aromatic N) is 15. The van der Waals surface area contributed by atoms with Crippen molar-refractivity contribution in [1.82, 2.24) is 87.2 Å². The van der Waals surface area contributed by atoms with Crippen molar-refractivity contribution in [2.75, 3.05) is 68.3 Å². The maximum Gasteiger partial charge on any atom is 0.472 e. The summed E-state index contributed by atoms with van der Waals surface area (Å²) in [6.45, 7) is -6.05. The number of phosphoric ester groups is 5. The van der Waals surface area contributed by atoms with Gasteiger partial charge in [-0.1, -0.05) is 11.8 Å². The summed E-state index contributed by atoms with van der Waals surface area (Å²) in [6.07, 6.45) is -14.4. The van der Waals surface area contributed by atoms with E-state index in [9.17, 15) is 86.3 Å². The number of aliphatic hydroxyl groups excluding tert-OH is 2. The van der Waals surface area contributed by atoms with Crippen LogP contribution in [0.4, 0.5) is 29.4 Å². The lowest BCUT2D eigenvalue weighted by molar-refractivity contribution is -0.0652. The average molecular weight is 1880 g/mol. The van der Waals surface area contributed by atoms with Crippen molar-refractivity contribution in [2.24, 2.45) is 0 Å². The third-order valence-electron chi connectivity index (χ3n) is 20.5. The Balaban J connectivity index is 0.630. The molecule has 0 aromatic carbocycles. The minimum atomic E-state index is -5.64. The van der Waals surface area contributed by atoms with Gasteiger partial charge in [-0.15, -0.1) is 12.3 Å². The topological polar surface area (TPSA) is 800 Å². The van der Waals surface area contributed by atoms with Gasteiger partial charge in [-0.2, -0.15) is 19.9 Å². The molecule has 6 saturated heterocycles. The molecule has 15 heterocycles. The molecule has 20 N–H and O–H groups in total. The second-order valence-corrected chi connectivity index (χ2v) is 36.2. The fourth-order valence-electron chi connectivity index (χ4n) is 14.5. The monoisotopic (exact) mass is 1880 g/mol. The van der Waals surface area contributed by atoms with Crippen LogP contribution in [0.3, 0.4) is 0 Å². The van der Waals surface area contributed by atoms with E-state index in [1.807, 2.05) is 0 Å². The van der Waals surface area contributed by atoms with E-state index in [2.05, 4.69) is 77.6 Å². The fourth-order valence-corrected chi connectivity index (χ4v) is 19.1. The maximum atomic E-state index is 14.4. The Morgan fingerprint density at radius 1 is 0.433 bits per heavy atom. The number of terminal acetylenes is 1. The van der Waals surface area contributed by atoms with E-state index in [1.54, 1.807) is 0 Å². The van der Waals surface area contributed by atoms with E-state index in [-0.39, 0.29) is 87.7 Å². The molecule has 0 saturated carbocycles. The van der Waals surface area contributed by atoms with Crippen molar-refractivity contribution in [2.45, 2.75) is 175 Å². The Bertz CT molecular complexity index is 6370. The Kier molecular flexibility index (Phi) is 27.2. The van der Waals surface area contributed by atoms with Crippen molar-refractivity contribution in [3.05, 3.63) is 124 Å². The molecular formula is C65H80N23O34P5. The number of nitrogens with one attached hydrogen (secondary N) is 3. The Morgan fingerprint density at radius 2 is 0.795 bits per heavy atom.